The lowest BCUT2D eigenvalue weighted by Gasteiger charge is -2.36. The molecule has 0 fully saturated rings. The Bertz CT molecular complexity index is 784. The average Bonchev–Trinajstić information content (AvgIpc) is 3.04. The largest absolute Gasteiger partial charge is 0.494 e. The van der Waals surface area contributed by atoms with E-state index in [0.717, 1.165) is 23.3 Å². The van der Waals surface area contributed by atoms with Crippen LogP contribution in [0.2, 0.25) is 0 Å². The Balaban J connectivity index is 1.75. The Hall–Kier alpha value is -2.40. The first-order valence-electron chi connectivity index (χ1n) is 8.63. The minimum atomic E-state index is -1.24. The number of hydrogen-bond acceptors (Lipinski definition) is 5. The van der Waals surface area contributed by atoms with Crippen molar-refractivity contribution in [3.63, 3.8) is 0 Å². The molecule has 2 heterocycles. The van der Waals surface area contributed by atoms with Gasteiger partial charge in [0.25, 0.3) is 0 Å². The van der Waals surface area contributed by atoms with Crippen molar-refractivity contribution in [3.05, 3.63) is 47.5 Å². The second-order valence-corrected chi connectivity index (χ2v) is 6.70. The smallest absolute Gasteiger partial charge is 0.231 e. The first kappa shape index (κ1) is 16.1. The van der Waals surface area contributed by atoms with Crippen LogP contribution < -0.4 is 18.9 Å². The number of benzene rings is 2. The molecule has 2 aromatic carbocycles. The van der Waals surface area contributed by atoms with Gasteiger partial charge in [-0.05, 0) is 30.2 Å². The van der Waals surface area contributed by atoms with E-state index in [9.17, 15) is 5.11 Å². The summed E-state index contributed by atoms with van der Waals surface area (Å²) in [7, 11) is 0. The van der Waals surface area contributed by atoms with Crippen LogP contribution in [0.3, 0.4) is 0 Å². The molecule has 2 unspecified atom stereocenters. The van der Waals surface area contributed by atoms with Gasteiger partial charge < -0.3 is 24.1 Å². The Kier molecular flexibility index (Phi) is 3.96. The summed E-state index contributed by atoms with van der Waals surface area (Å²) in [6.45, 7) is 4.66. The minimum absolute atomic E-state index is 0.0153. The van der Waals surface area contributed by atoms with Crippen molar-refractivity contribution >= 4 is 0 Å². The van der Waals surface area contributed by atoms with Crippen molar-refractivity contribution < 1.29 is 24.1 Å². The molecule has 2 aromatic rings. The van der Waals surface area contributed by atoms with E-state index in [-0.39, 0.29) is 12.7 Å². The van der Waals surface area contributed by atoms with E-state index >= 15 is 0 Å². The monoisotopic (exact) mass is 342 g/mol. The SMILES string of the molecule is CCCOc1cccc(C2CC(C)(O)Oc3cc4c(cc32)OCO4)c1. The van der Waals surface area contributed by atoms with Gasteiger partial charge in [0.15, 0.2) is 11.5 Å². The van der Waals surface area contributed by atoms with Crippen LogP contribution in [0.1, 0.15) is 43.7 Å². The Morgan fingerprint density at radius 3 is 2.76 bits per heavy atom. The van der Waals surface area contributed by atoms with Crippen LogP contribution in [0.25, 0.3) is 0 Å². The second-order valence-electron chi connectivity index (χ2n) is 6.70. The molecule has 5 heteroatoms. The molecule has 132 valence electrons. The molecule has 2 atom stereocenters. The molecule has 0 radical (unpaired) electrons. The fourth-order valence-electron chi connectivity index (χ4n) is 3.41. The molecule has 0 saturated heterocycles. The maximum atomic E-state index is 10.6. The minimum Gasteiger partial charge on any atom is -0.494 e. The molecule has 0 aliphatic carbocycles. The Morgan fingerprint density at radius 2 is 1.96 bits per heavy atom. The van der Waals surface area contributed by atoms with E-state index < -0.39 is 5.79 Å². The highest BCUT2D eigenvalue weighted by molar-refractivity contribution is 5.56. The molecular formula is C20H22O5. The average molecular weight is 342 g/mol. The summed E-state index contributed by atoms with van der Waals surface area (Å²) in [6, 6.07) is 11.8. The van der Waals surface area contributed by atoms with Crippen LogP contribution in [0.4, 0.5) is 0 Å². The van der Waals surface area contributed by atoms with Crippen molar-refractivity contribution in [2.75, 3.05) is 13.4 Å². The highest BCUT2D eigenvalue weighted by Crippen LogP contribution is 2.49. The first-order valence-corrected chi connectivity index (χ1v) is 8.63. The van der Waals surface area contributed by atoms with E-state index in [0.29, 0.717) is 30.3 Å². The fourth-order valence-corrected chi connectivity index (χ4v) is 3.41. The molecule has 0 saturated carbocycles. The summed E-state index contributed by atoms with van der Waals surface area (Å²) in [5.41, 5.74) is 2.07. The third kappa shape index (κ3) is 3.12. The van der Waals surface area contributed by atoms with Crippen LogP contribution in [0.15, 0.2) is 36.4 Å². The molecule has 2 aliphatic rings. The van der Waals surface area contributed by atoms with Gasteiger partial charge in [0.05, 0.1) is 6.61 Å². The summed E-state index contributed by atoms with van der Waals surface area (Å²) in [5, 5.41) is 10.6. The van der Waals surface area contributed by atoms with Crippen LogP contribution in [0.5, 0.6) is 23.0 Å². The second kappa shape index (κ2) is 6.15. The maximum Gasteiger partial charge on any atom is 0.231 e. The van der Waals surface area contributed by atoms with Gasteiger partial charge in [0.1, 0.15) is 11.5 Å². The number of hydrogen-bond donors (Lipinski definition) is 1. The summed E-state index contributed by atoms with van der Waals surface area (Å²) in [4.78, 5) is 0. The topological polar surface area (TPSA) is 57.2 Å². The molecule has 1 N–H and O–H groups in total. The molecule has 0 spiro atoms. The summed E-state index contributed by atoms with van der Waals surface area (Å²) < 4.78 is 22.5. The van der Waals surface area contributed by atoms with E-state index in [1.54, 1.807) is 13.0 Å². The molecule has 0 aromatic heterocycles. The third-order valence-electron chi connectivity index (χ3n) is 4.53. The van der Waals surface area contributed by atoms with E-state index in [1.807, 2.05) is 24.3 Å². The van der Waals surface area contributed by atoms with Crippen LogP contribution in [-0.2, 0) is 0 Å². The Labute approximate surface area is 147 Å². The molecular weight excluding hydrogens is 320 g/mol. The standard InChI is InChI=1S/C20H22O5/c1-3-7-22-14-6-4-5-13(8-14)16-11-20(2,21)25-17-10-19-18(9-15(16)17)23-12-24-19/h4-6,8-10,16,21H,3,7,11-12H2,1-2H3. The lowest BCUT2D eigenvalue weighted by molar-refractivity contribution is -0.137. The number of ether oxygens (including phenoxy) is 4. The van der Waals surface area contributed by atoms with Gasteiger partial charge in [-0.15, -0.1) is 0 Å². The summed E-state index contributed by atoms with van der Waals surface area (Å²) >= 11 is 0. The first-order chi connectivity index (χ1) is 12.1. The predicted octanol–water partition coefficient (Wildman–Crippen LogP) is 3.83. The number of rotatable bonds is 4. The maximum absolute atomic E-state index is 10.6. The summed E-state index contributed by atoms with van der Waals surface area (Å²) in [6.07, 6.45) is 1.42. The molecule has 5 nitrogen and oxygen atoms in total. The quantitative estimate of drug-likeness (QED) is 0.915. The highest BCUT2D eigenvalue weighted by atomic mass is 16.7. The molecule has 4 rings (SSSR count). The van der Waals surface area contributed by atoms with Gasteiger partial charge in [-0.2, -0.15) is 0 Å². The van der Waals surface area contributed by atoms with Crippen molar-refractivity contribution in [3.8, 4) is 23.0 Å². The van der Waals surface area contributed by atoms with Crippen LogP contribution in [0, 0.1) is 0 Å². The zero-order chi connectivity index (χ0) is 17.4. The van der Waals surface area contributed by atoms with Gasteiger partial charge in [0, 0.05) is 30.9 Å². The van der Waals surface area contributed by atoms with Crippen molar-refractivity contribution in [1.29, 1.82) is 0 Å². The lowest BCUT2D eigenvalue weighted by Crippen LogP contribution is -2.38. The Morgan fingerprint density at radius 1 is 1.16 bits per heavy atom. The van der Waals surface area contributed by atoms with Gasteiger partial charge in [-0.3, -0.25) is 0 Å². The number of aliphatic hydroxyl groups is 1. The van der Waals surface area contributed by atoms with Crippen molar-refractivity contribution in [1.82, 2.24) is 0 Å². The van der Waals surface area contributed by atoms with Gasteiger partial charge in [-0.1, -0.05) is 19.1 Å². The van der Waals surface area contributed by atoms with E-state index in [4.69, 9.17) is 18.9 Å². The molecule has 25 heavy (non-hydrogen) atoms. The third-order valence-corrected chi connectivity index (χ3v) is 4.53. The van der Waals surface area contributed by atoms with Gasteiger partial charge in [-0.25, -0.2) is 0 Å². The van der Waals surface area contributed by atoms with Crippen LogP contribution in [-0.4, -0.2) is 24.3 Å². The van der Waals surface area contributed by atoms with E-state index in [1.165, 1.54) is 0 Å². The zero-order valence-corrected chi connectivity index (χ0v) is 14.5. The molecule has 0 amide bonds. The van der Waals surface area contributed by atoms with E-state index in [2.05, 4.69) is 13.0 Å². The van der Waals surface area contributed by atoms with Crippen LogP contribution >= 0.6 is 0 Å². The summed E-state index contributed by atoms with van der Waals surface area (Å²) in [5.74, 6) is 1.57. The van der Waals surface area contributed by atoms with Crippen molar-refractivity contribution in [2.24, 2.45) is 0 Å². The molecule has 0 bridgehead atoms. The lowest BCUT2D eigenvalue weighted by atomic mass is 9.83. The van der Waals surface area contributed by atoms with Crippen molar-refractivity contribution in [2.45, 2.75) is 38.4 Å². The van der Waals surface area contributed by atoms with Gasteiger partial charge in [0.2, 0.25) is 12.6 Å². The predicted molar refractivity (Wildman–Crippen MR) is 92.5 cm³/mol. The molecule has 2 aliphatic heterocycles. The zero-order valence-electron chi connectivity index (χ0n) is 14.5. The number of fused-ring (bicyclic) bond motifs is 2. The fraction of sp³-hybridized carbons (Fsp3) is 0.400. The van der Waals surface area contributed by atoms with Gasteiger partial charge >= 0.3 is 0 Å². The highest BCUT2D eigenvalue weighted by Gasteiger charge is 2.38. The normalized spacial score (nSPS) is 23.7.